The average Bonchev–Trinajstić information content (AvgIpc) is 2.20. The summed E-state index contributed by atoms with van der Waals surface area (Å²) in [6.45, 7) is 0.371. The van der Waals surface area contributed by atoms with Crippen LogP contribution in [0.5, 0.6) is 0 Å². The maximum atomic E-state index is 10.5. The van der Waals surface area contributed by atoms with Gasteiger partial charge in [-0.2, -0.15) is 0 Å². The molecule has 1 N–H and O–H groups in total. The number of methoxy groups -OCH3 is 1. The predicted octanol–water partition coefficient (Wildman–Crippen LogP) is 2.62. The van der Waals surface area contributed by atoms with Crippen LogP contribution in [-0.4, -0.2) is 18.8 Å². The van der Waals surface area contributed by atoms with Gasteiger partial charge in [-0.3, -0.25) is 0 Å². The molecule has 0 amide bonds. The number of rotatable bonds is 2. The third kappa shape index (κ3) is 2.10. The van der Waals surface area contributed by atoms with E-state index in [2.05, 4.69) is 22.0 Å². The SMILES string of the molecule is COCC1(O)CCCc2ccc(Br)cc21. The largest absolute Gasteiger partial charge is 0.383 e. The Kier molecular flexibility index (Phi) is 3.14. The number of ether oxygens (including phenoxy) is 1. The fourth-order valence-corrected chi connectivity index (χ4v) is 2.66. The molecule has 82 valence electrons. The second-order valence-corrected chi connectivity index (χ2v) is 5.04. The fourth-order valence-electron chi connectivity index (χ4n) is 2.29. The molecule has 1 unspecified atom stereocenters. The van der Waals surface area contributed by atoms with Crippen LogP contribution >= 0.6 is 15.9 Å². The Bertz CT molecular complexity index is 365. The molecule has 3 heteroatoms. The van der Waals surface area contributed by atoms with E-state index in [0.29, 0.717) is 6.61 Å². The lowest BCUT2D eigenvalue weighted by molar-refractivity contribution is -0.0479. The first-order valence-corrected chi connectivity index (χ1v) is 5.95. The lowest BCUT2D eigenvalue weighted by atomic mass is 9.80. The van der Waals surface area contributed by atoms with Crippen molar-refractivity contribution in [1.29, 1.82) is 0 Å². The van der Waals surface area contributed by atoms with Crippen LogP contribution in [0.25, 0.3) is 0 Å². The summed E-state index contributed by atoms with van der Waals surface area (Å²) in [6.07, 6.45) is 2.85. The van der Waals surface area contributed by atoms with E-state index >= 15 is 0 Å². The van der Waals surface area contributed by atoms with Gasteiger partial charge in [0.05, 0.1) is 6.61 Å². The van der Waals surface area contributed by atoms with E-state index in [1.165, 1.54) is 5.56 Å². The molecule has 2 nitrogen and oxygen atoms in total. The Labute approximate surface area is 98.4 Å². The highest BCUT2D eigenvalue weighted by atomic mass is 79.9. The molecule has 0 heterocycles. The van der Waals surface area contributed by atoms with Gasteiger partial charge in [0.1, 0.15) is 5.60 Å². The van der Waals surface area contributed by atoms with Gasteiger partial charge >= 0.3 is 0 Å². The molecule has 0 radical (unpaired) electrons. The van der Waals surface area contributed by atoms with Crippen LogP contribution in [0.2, 0.25) is 0 Å². The second kappa shape index (κ2) is 4.24. The first kappa shape index (κ1) is 11.1. The first-order valence-electron chi connectivity index (χ1n) is 5.16. The van der Waals surface area contributed by atoms with Gasteiger partial charge in [0.2, 0.25) is 0 Å². The molecule has 1 atom stereocenters. The number of hydrogen-bond donors (Lipinski definition) is 1. The molecule has 15 heavy (non-hydrogen) atoms. The maximum Gasteiger partial charge on any atom is 0.113 e. The van der Waals surface area contributed by atoms with Crippen LogP contribution in [-0.2, 0) is 16.8 Å². The number of halogens is 1. The summed E-state index contributed by atoms with van der Waals surface area (Å²) >= 11 is 3.44. The summed E-state index contributed by atoms with van der Waals surface area (Å²) in [6, 6.07) is 6.12. The molecular weight excluding hydrogens is 256 g/mol. The number of aliphatic hydroxyl groups is 1. The number of fused-ring (bicyclic) bond motifs is 1. The smallest absolute Gasteiger partial charge is 0.113 e. The van der Waals surface area contributed by atoms with Crippen LogP contribution in [0.15, 0.2) is 22.7 Å². The summed E-state index contributed by atoms with van der Waals surface area (Å²) in [5, 5.41) is 10.5. The molecule has 2 rings (SSSR count). The number of benzene rings is 1. The van der Waals surface area contributed by atoms with Gasteiger partial charge < -0.3 is 9.84 Å². The van der Waals surface area contributed by atoms with Crippen molar-refractivity contribution in [2.45, 2.75) is 24.9 Å². The summed E-state index contributed by atoms with van der Waals surface area (Å²) < 4.78 is 6.13. The van der Waals surface area contributed by atoms with E-state index in [9.17, 15) is 5.11 Å². The average molecular weight is 271 g/mol. The third-order valence-electron chi connectivity index (χ3n) is 2.99. The zero-order chi connectivity index (χ0) is 10.9. The molecule has 0 saturated heterocycles. The van der Waals surface area contributed by atoms with Gasteiger partial charge in [-0.1, -0.05) is 22.0 Å². The van der Waals surface area contributed by atoms with E-state index in [0.717, 1.165) is 29.3 Å². The molecule has 0 aliphatic heterocycles. The monoisotopic (exact) mass is 270 g/mol. The Morgan fingerprint density at radius 1 is 1.53 bits per heavy atom. The number of aryl methyl sites for hydroxylation is 1. The quantitative estimate of drug-likeness (QED) is 0.896. The van der Waals surface area contributed by atoms with Crippen LogP contribution in [0.1, 0.15) is 24.0 Å². The van der Waals surface area contributed by atoms with Crippen molar-refractivity contribution in [3.05, 3.63) is 33.8 Å². The lowest BCUT2D eigenvalue weighted by Gasteiger charge is -2.34. The molecule has 1 aromatic carbocycles. The Morgan fingerprint density at radius 3 is 3.07 bits per heavy atom. The van der Waals surface area contributed by atoms with Crippen molar-refractivity contribution < 1.29 is 9.84 Å². The molecule has 0 fully saturated rings. The molecule has 0 aromatic heterocycles. The molecule has 1 aliphatic carbocycles. The number of hydrogen-bond acceptors (Lipinski definition) is 2. The van der Waals surface area contributed by atoms with Crippen LogP contribution < -0.4 is 0 Å². The predicted molar refractivity (Wildman–Crippen MR) is 62.9 cm³/mol. The summed E-state index contributed by atoms with van der Waals surface area (Å²) in [5.41, 5.74) is 1.46. The van der Waals surface area contributed by atoms with Gasteiger partial charge in [0.15, 0.2) is 0 Å². The highest BCUT2D eigenvalue weighted by molar-refractivity contribution is 9.10. The van der Waals surface area contributed by atoms with Crippen molar-refractivity contribution >= 4 is 15.9 Å². The van der Waals surface area contributed by atoms with Crippen LogP contribution in [0.3, 0.4) is 0 Å². The summed E-state index contributed by atoms with van der Waals surface area (Å²) in [4.78, 5) is 0. The van der Waals surface area contributed by atoms with Gasteiger partial charge in [-0.05, 0) is 42.5 Å². The van der Waals surface area contributed by atoms with Crippen molar-refractivity contribution in [2.75, 3.05) is 13.7 Å². The third-order valence-corrected chi connectivity index (χ3v) is 3.49. The van der Waals surface area contributed by atoms with E-state index in [4.69, 9.17) is 4.74 Å². The van der Waals surface area contributed by atoms with E-state index in [-0.39, 0.29) is 0 Å². The minimum atomic E-state index is -0.799. The van der Waals surface area contributed by atoms with Crippen LogP contribution in [0.4, 0.5) is 0 Å². The van der Waals surface area contributed by atoms with Gasteiger partial charge in [-0.25, -0.2) is 0 Å². The zero-order valence-corrected chi connectivity index (χ0v) is 10.4. The standard InChI is InChI=1S/C12H15BrO2/c1-15-8-12(14)6-2-3-9-4-5-10(13)7-11(9)12/h4-5,7,14H,2-3,6,8H2,1H3. The minimum Gasteiger partial charge on any atom is -0.383 e. The Morgan fingerprint density at radius 2 is 2.33 bits per heavy atom. The van der Waals surface area contributed by atoms with Crippen molar-refractivity contribution in [2.24, 2.45) is 0 Å². The zero-order valence-electron chi connectivity index (χ0n) is 8.79. The van der Waals surface area contributed by atoms with Crippen LogP contribution in [0, 0.1) is 0 Å². The molecule has 0 saturated carbocycles. The minimum absolute atomic E-state index is 0.371. The van der Waals surface area contributed by atoms with E-state index < -0.39 is 5.60 Å². The lowest BCUT2D eigenvalue weighted by Crippen LogP contribution is -2.35. The summed E-state index contributed by atoms with van der Waals surface area (Å²) in [7, 11) is 1.63. The van der Waals surface area contributed by atoms with Crippen molar-refractivity contribution in [1.82, 2.24) is 0 Å². The van der Waals surface area contributed by atoms with Crippen molar-refractivity contribution in [3.63, 3.8) is 0 Å². The normalized spacial score (nSPS) is 25.0. The summed E-state index contributed by atoms with van der Waals surface area (Å²) in [5.74, 6) is 0. The molecule has 1 aliphatic rings. The first-order chi connectivity index (χ1) is 7.15. The molecule has 0 bridgehead atoms. The molecule has 1 aromatic rings. The van der Waals surface area contributed by atoms with Gasteiger partial charge in [-0.15, -0.1) is 0 Å². The van der Waals surface area contributed by atoms with Crippen molar-refractivity contribution in [3.8, 4) is 0 Å². The topological polar surface area (TPSA) is 29.5 Å². The van der Waals surface area contributed by atoms with E-state index in [1.54, 1.807) is 7.11 Å². The highest BCUT2D eigenvalue weighted by Crippen LogP contribution is 2.36. The molecule has 0 spiro atoms. The molecular formula is C12H15BrO2. The Hall–Kier alpha value is -0.380. The maximum absolute atomic E-state index is 10.5. The van der Waals surface area contributed by atoms with Gasteiger partial charge in [0.25, 0.3) is 0 Å². The van der Waals surface area contributed by atoms with E-state index in [1.807, 2.05) is 12.1 Å². The Balaban J connectivity index is 2.44. The highest BCUT2D eigenvalue weighted by Gasteiger charge is 2.34. The second-order valence-electron chi connectivity index (χ2n) is 4.12. The fraction of sp³-hybridized carbons (Fsp3) is 0.500. The van der Waals surface area contributed by atoms with Gasteiger partial charge in [0, 0.05) is 11.6 Å².